The molecule has 0 saturated carbocycles. The van der Waals surface area contributed by atoms with Gasteiger partial charge in [-0.25, -0.2) is 4.98 Å². The number of nitrogens with zero attached hydrogens (tertiary/aromatic N) is 2. The van der Waals surface area contributed by atoms with Crippen molar-refractivity contribution in [2.24, 2.45) is 0 Å². The Bertz CT molecular complexity index is 1030. The first-order valence-electron chi connectivity index (χ1n) is 8.16. The van der Waals surface area contributed by atoms with E-state index >= 15 is 0 Å². The van der Waals surface area contributed by atoms with Crippen LogP contribution in [0.25, 0.3) is 11.3 Å². The monoisotopic (exact) mass is 391 g/mol. The predicted octanol–water partition coefficient (Wildman–Crippen LogP) is 4.63. The van der Waals surface area contributed by atoms with Gasteiger partial charge in [0.25, 0.3) is 5.91 Å². The number of aromatic nitrogens is 2. The number of hydrogen-bond donors (Lipinski definition) is 1. The smallest absolute Gasteiger partial charge is 0.416 e. The first-order valence-corrected chi connectivity index (χ1v) is 8.16. The highest BCUT2D eigenvalue weighted by Gasteiger charge is 2.31. The predicted molar refractivity (Wildman–Crippen MR) is 95.2 cm³/mol. The quantitative estimate of drug-likeness (QED) is 0.702. The van der Waals surface area contributed by atoms with Gasteiger partial charge in [-0.1, -0.05) is 12.1 Å². The summed E-state index contributed by atoms with van der Waals surface area (Å²) in [4.78, 5) is 20.9. The van der Waals surface area contributed by atoms with Crippen LogP contribution in [0.3, 0.4) is 0 Å². The summed E-state index contributed by atoms with van der Waals surface area (Å²) >= 11 is 0. The minimum atomic E-state index is -4.51. The lowest BCUT2D eigenvalue weighted by atomic mass is 10.1. The maximum Gasteiger partial charge on any atom is 0.416 e. The number of methoxy groups -OCH3 is 1. The number of rotatable bonds is 4. The molecule has 0 spiro atoms. The Balaban J connectivity index is 2.04. The molecule has 6 nitrogen and oxygen atoms in total. The average molecular weight is 391 g/mol. The van der Waals surface area contributed by atoms with Crippen molar-refractivity contribution in [2.45, 2.75) is 20.0 Å². The van der Waals surface area contributed by atoms with Crippen molar-refractivity contribution in [1.82, 2.24) is 9.97 Å². The van der Waals surface area contributed by atoms with Gasteiger partial charge in [0.1, 0.15) is 17.2 Å². The summed E-state index contributed by atoms with van der Waals surface area (Å²) in [5, 5.41) is 2.58. The van der Waals surface area contributed by atoms with E-state index in [1.165, 1.54) is 25.4 Å². The van der Waals surface area contributed by atoms with E-state index in [9.17, 15) is 18.0 Å². The van der Waals surface area contributed by atoms with E-state index in [1.54, 1.807) is 19.9 Å². The SMILES string of the molecule is COc1cnc(-c2cccc(C(F)(F)F)c2)c(NC(=O)c2cc(C)oc2C)n1. The molecule has 0 atom stereocenters. The van der Waals surface area contributed by atoms with Crippen molar-refractivity contribution in [3.8, 4) is 17.1 Å². The van der Waals surface area contributed by atoms with Gasteiger partial charge in [-0.3, -0.25) is 4.79 Å². The highest BCUT2D eigenvalue weighted by Crippen LogP contribution is 2.34. The van der Waals surface area contributed by atoms with Crippen LogP contribution in [-0.2, 0) is 6.18 Å². The molecule has 3 aromatic rings. The van der Waals surface area contributed by atoms with Gasteiger partial charge in [0, 0.05) is 5.56 Å². The number of nitrogens with one attached hydrogen (secondary N) is 1. The molecule has 28 heavy (non-hydrogen) atoms. The molecule has 3 rings (SSSR count). The lowest BCUT2D eigenvalue weighted by molar-refractivity contribution is -0.137. The molecule has 0 fully saturated rings. The van der Waals surface area contributed by atoms with E-state index < -0.39 is 17.6 Å². The van der Waals surface area contributed by atoms with Gasteiger partial charge in [-0.2, -0.15) is 18.2 Å². The van der Waals surface area contributed by atoms with Crippen molar-refractivity contribution in [1.29, 1.82) is 0 Å². The fraction of sp³-hybridized carbons (Fsp3) is 0.211. The largest absolute Gasteiger partial charge is 0.480 e. The van der Waals surface area contributed by atoms with E-state index in [0.29, 0.717) is 11.5 Å². The van der Waals surface area contributed by atoms with Crippen molar-refractivity contribution in [3.05, 3.63) is 59.2 Å². The normalized spacial score (nSPS) is 11.4. The van der Waals surface area contributed by atoms with Crippen LogP contribution in [0, 0.1) is 13.8 Å². The van der Waals surface area contributed by atoms with Crippen molar-refractivity contribution < 1.29 is 27.1 Å². The van der Waals surface area contributed by atoms with Gasteiger partial charge in [-0.05, 0) is 32.0 Å². The molecule has 2 heterocycles. The fourth-order valence-electron chi connectivity index (χ4n) is 2.64. The standard InChI is InChI=1S/C19H16F3N3O3/c1-10-7-14(11(2)28-10)18(26)25-17-16(23-9-15(24-17)27-3)12-5-4-6-13(8-12)19(20,21)22/h4-9H,1-3H3,(H,24,25,26). The van der Waals surface area contributed by atoms with Crippen LogP contribution in [-0.4, -0.2) is 23.0 Å². The van der Waals surface area contributed by atoms with Crippen LogP contribution in [0.5, 0.6) is 5.88 Å². The Labute approximate surface area is 158 Å². The van der Waals surface area contributed by atoms with E-state index in [1.807, 2.05) is 0 Å². The molecule has 0 bridgehead atoms. The molecule has 1 amide bonds. The van der Waals surface area contributed by atoms with Gasteiger partial charge in [0.05, 0.1) is 24.4 Å². The first-order chi connectivity index (χ1) is 13.2. The van der Waals surface area contributed by atoms with Crippen LogP contribution < -0.4 is 10.1 Å². The number of benzene rings is 1. The van der Waals surface area contributed by atoms with Crippen LogP contribution >= 0.6 is 0 Å². The van der Waals surface area contributed by atoms with Crippen LogP contribution in [0.15, 0.2) is 40.9 Å². The maximum absolute atomic E-state index is 13.0. The summed E-state index contributed by atoms with van der Waals surface area (Å²) in [6.45, 7) is 3.33. The zero-order valence-corrected chi connectivity index (χ0v) is 15.2. The molecule has 0 aliphatic heterocycles. The van der Waals surface area contributed by atoms with Crippen LogP contribution in [0.2, 0.25) is 0 Å². The Morgan fingerprint density at radius 1 is 1.21 bits per heavy atom. The number of carbonyl (C=O) groups excluding carboxylic acids is 1. The van der Waals surface area contributed by atoms with E-state index in [4.69, 9.17) is 9.15 Å². The summed E-state index contributed by atoms with van der Waals surface area (Å²) in [6, 6.07) is 6.17. The number of aryl methyl sites for hydroxylation is 2. The zero-order chi connectivity index (χ0) is 20.5. The number of halogens is 3. The fourth-order valence-corrected chi connectivity index (χ4v) is 2.64. The highest BCUT2D eigenvalue weighted by atomic mass is 19.4. The van der Waals surface area contributed by atoms with Crippen molar-refractivity contribution in [3.63, 3.8) is 0 Å². The summed E-state index contributed by atoms with van der Waals surface area (Å²) in [6.07, 6.45) is -3.25. The maximum atomic E-state index is 13.0. The number of hydrogen-bond acceptors (Lipinski definition) is 5. The Kier molecular flexibility index (Phi) is 5.08. The van der Waals surface area contributed by atoms with Crippen molar-refractivity contribution >= 4 is 11.7 Å². The number of ether oxygens (including phenoxy) is 1. The molecule has 0 saturated heterocycles. The molecule has 0 aliphatic rings. The number of furan rings is 1. The lowest BCUT2D eigenvalue weighted by Crippen LogP contribution is -2.15. The van der Waals surface area contributed by atoms with Gasteiger partial charge < -0.3 is 14.5 Å². The third kappa shape index (κ3) is 3.98. The third-order valence-corrected chi connectivity index (χ3v) is 3.94. The van der Waals surface area contributed by atoms with Crippen LogP contribution in [0.1, 0.15) is 27.4 Å². The summed E-state index contributed by atoms with van der Waals surface area (Å²) in [5.74, 6) is 0.516. The minimum Gasteiger partial charge on any atom is -0.480 e. The van der Waals surface area contributed by atoms with E-state index in [-0.39, 0.29) is 28.5 Å². The summed E-state index contributed by atoms with van der Waals surface area (Å²) < 4.78 is 49.5. The zero-order valence-electron chi connectivity index (χ0n) is 15.2. The van der Waals surface area contributed by atoms with E-state index in [2.05, 4.69) is 15.3 Å². The molecule has 0 aliphatic carbocycles. The lowest BCUT2D eigenvalue weighted by Gasteiger charge is -2.12. The third-order valence-electron chi connectivity index (χ3n) is 3.94. The molecule has 9 heteroatoms. The summed E-state index contributed by atoms with van der Waals surface area (Å²) in [5.41, 5.74) is -0.309. The highest BCUT2D eigenvalue weighted by molar-refractivity contribution is 6.06. The second-order valence-electron chi connectivity index (χ2n) is 5.97. The topological polar surface area (TPSA) is 77.2 Å². The number of anilines is 1. The van der Waals surface area contributed by atoms with Gasteiger partial charge in [0.15, 0.2) is 5.82 Å². The van der Waals surface area contributed by atoms with E-state index in [0.717, 1.165) is 12.1 Å². The second-order valence-corrected chi connectivity index (χ2v) is 5.97. The molecule has 146 valence electrons. The molecule has 2 aromatic heterocycles. The Morgan fingerprint density at radius 3 is 2.57 bits per heavy atom. The van der Waals surface area contributed by atoms with Crippen LogP contribution in [0.4, 0.5) is 19.0 Å². The van der Waals surface area contributed by atoms with Gasteiger partial charge in [-0.15, -0.1) is 0 Å². The average Bonchev–Trinajstić information content (AvgIpc) is 2.99. The molecular formula is C19H16F3N3O3. The first kappa shape index (κ1) is 19.4. The Hall–Kier alpha value is -3.36. The molecular weight excluding hydrogens is 375 g/mol. The Morgan fingerprint density at radius 2 is 1.96 bits per heavy atom. The summed E-state index contributed by atoms with van der Waals surface area (Å²) in [7, 11) is 1.36. The molecule has 1 aromatic carbocycles. The number of alkyl halides is 3. The molecule has 0 radical (unpaired) electrons. The second kappa shape index (κ2) is 7.34. The number of amides is 1. The van der Waals surface area contributed by atoms with Gasteiger partial charge in [0.2, 0.25) is 5.88 Å². The number of carbonyl (C=O) groups is 1. The minimum absolute atomic E-state index is 0.0260. The molecule has 1 N–H and O–H groups in total. The van der Waals surface area contributed by atoms with Gasteiger partial charge >= 0.3 is 6.18 Å². The van der Waals surface area contributed by atoms with Crippen molar-refractivity contribution in [2.75, 3.05) is 12.4 Å². The molecule has 0 unspecified atom stereocenters.